The number of amidine groups is 1. The van der Waals surface area contributed by atoms with Gasteiger partial charge in [0.2, 0.25) is 0 Å². The SMILES string of the molecule is COc1cc(/C=C2\SC(=Nc3ccccc3)N(C3CCCCC3)C2=O)ccc1OCc1ccccc1C#N. The van der Waals surface area contributed by atoms with Crippen LogP contribution in [-0.2, 0) is 11.4 Å². The lowest BCUT2D eigenvalue weighted by Gasteiger charge is -2.30. The molecule has 192 valence electrons. The summed E-state index contributed by atoms with van der Waals surface area (Å²) in [4.78, 5) is 21.0. The van der Waals surface area contributed by atoms with Crippen LogP contribution in [0.2, 0.25) is 0 Å². The van der Waals surface area contributed by atoms with Crippen molar-refractivity contribution in [2.75, 3.05) is 7.11 Å². The van der Waals surface area contributed by atoms with Gasteiger partial charge in [-0.1, -0.05) is 61.7 Å². The summed E-state index contributed by atoms with van der Waals surface area (Å²) in [7, 11) is 1.59. The predicted molar refractivity (Wildman–Crippen MR) is 151 cm³/mol. The Hall–Kier alpha value is -4.02. The first-order valence-corrected chi connectivity index (χ1v) is 13.6. The van der Waals surface area contributed by atoms with Crippen molar-refractivity contribution in [1.82, 2.24) is 4.90 Å². The van der Waals surface area contributed by atoms with Gasteiger partial charge in [-0.25, -0.2) is 4.99 Å². The predicted octanol–water partition coefficient (Wildman–Crippen LogP) is 7.08. The van der Waals surface area contributed by atoms with Crippen molar-refractivity contribution in [3.8, 4) is 17.6 Å². The highest BCUT2D eigenvalue weighted by Gasteiger charge is 2.38. The number of benzene rings is 3. The number of ether oxygens (including phenoxy) is 2. The van der Waals surface area contributed by atoms with Crippen LogP contribution in [0.4, 0.5) is 5.69 Å². The highest BCUT2D eigenvalue weighted by Crippen LogP contribution is 2.39. The first-order chi connectivity index (χ1) is 18.7. The molecule has 1 saturated heterocycles. The van der Waals surface area contributed by atoms with Crippen molar-refractivity contribution in [2.24, 2.45) is 4.99 Å². The molecule has 38 heavy (non-hydrogen) atoms. The van der Waals surface area contributed by atoms with E-state index in [-0.39, 0.29) is 18.6 Å². The molecule has 7 heteroatoms. The Balaban J connectivity index is 1.40. The summed E-state index contributed by atoms with van der Waals surface area (Å²) in [6.07, 6.45) is 7.39. The number of para-hydroxylation sites is 1. The molecule has 2 fully saturated rings. The molecule has 3 aromatic carbocycles. The zero-order valence-corrected chi connectivity index (χ0v) is 22.1. The van der Waals surface area contributed by atoms with Crippen LogP contribution < -0.4 is 9.47 Å². The van der Waals surface area contributed by atoms with E-state index in [2.05, 4.69) is 6.07 Å². The molecular weight excluding hydrogens is 494 g/mol. The van der Waals surface area contributed by atoms with Crippen LogP contribution in [0.3, 0.4) is 0 Å². The Morgan fingerprint density at radius 2 is 1.79 bits per heavy atom. The number of carbonyl (C=O) groups is 1. The largest absolute Gasteiger partial charge is 0.493 e. The van der Waals surface area contributed by atoms with Crippen LogP contribution in [0.1, 0.15) is 48.8 Å². The molecule has 1 aliphatic carbocycles. The van der Waals surface area contributed by atoms with Gasteiger partial charge >= 0.3 is 0 Å². The Kier molecular flexibility index (Phi) is 8.10. The van der Waals surface area contributed by atoms with Crippen LogP contribution in [-0.4, -0.2) is 29.1 Å². The molecule has 0 bridgehead atoms. The molecule has 1 amide bonds. The molecule has 5 rings (SSSR count). The third kappa shape index (κ3) is 5.76. The first kappa shape index (κ1) is 25.6. The number of aliphatic imine (C=N–C) groups is 1. The highest BCUT2D eigenvalue weighted by atomic mass is 32.2. The standard InChI is InChI=1S/C31H29N3O3S/c1-36-28-18-22(16-17-27(28)37-21-24-11-9-8-10-23(24)20-32)19-29-30(35)34(26-14-6-3-7-15-26)31(38-29)33-25-12-4-2-5-13-25/h2,4-5,8-13,16-19,26H,3,6-7,14-15,21H2,1H3/b29-19-,33-31?. The second-order valence-electron chi connectivity index (χ2n) is 9.28. The molecule has 0 radical (unpaired) electrons. The van der Waals surface area contributed by atoms with Crippen LogP contribution in [0.25, 0.3) is 6.08 Å². The molecular formula is C31H29N3O3S. The lowest BCUT2D eigenvalue weighted by Crippen LogP contribution is -2.40. The van der Waals surface area contributed by atoms with Crippen LogP contribution in [0, 0.1) is 11.3 Å². The van der Waals surface area contributed by atoms with E-state index in [9.17, 15) is 10.1 Å². The van der Waals surface area contributed by atoms with Gasteiger partial charge in [-0.05, 0) is 66.6 Å². The lowest BCUT2D eigenvalue weighted by molar-refractivity contribution is -0.124. The Morgan fingerprint density at radius 1 is 1.03 bits per heavy atom. The normalized spacial score (nSPS) is 18.1. The number of carbonyl (C=O) groups excluding carboxylic acids is 1. The fourth-order valence-corrected chi connectivity index (χ4v) is 5.85. The molecule has 0 N–H and O–H groups in total. The van der Waals surface area contributed by atoms with Crippen molar-refractivity contribution in [3.63, 3.8) is 0 Å². The van der Waals surface area contributed by atoms with Gasteiger partial charge < -0.3 is 9.47 Å². The number of nitrogens with zero attached hydrogens (tertiary/aromatic N) is 3. The van der Waals surface area contributed by atoms with E-state index < -0.39 is 0 Å². The average Bonchev–Trinajstić information content (AvgIpc) is 3.27. The Labute approximate surface area is 227 Å². The van der Waals surface area contributed by atoms with Gasteiger partial charge in [-0.15, -0.1) is 0 Å². The van der Waals surface area contributed by atoms with Gasteiger partial charge in [0.1, 0.15) is 6.61 Å². The number of rotatable bonds is 7. The van der Waals surface area contributed by atoms with E-state index in [1.807, 2.05) is 77.7 Å². The minimum Gasteiger partial charge on any atom is -0.493 e. The number of amides is 1. The van der Waals surface area contributed by atoms with Gasteiger partial charge in [-0.3, -0.25) is 9.69 Å². The minimum atomic E-state index is 0.00369. The molecule has 0 aromatic heterocycles. The molecule has 1 heterocycles. The van der Waals surface area contributed by atoms with E-state index in [0.29, 0.717) is 22.0 Å². The monoisotopic (exact) mass is 523 g/mol. The van der Waals surface area contributed by atoms with Gasteiger partial charge in [0.15, 0.2) is 16.7 Å². The highest BCUT2D eigenvalue weighted by molar-refractivity contribution is 8.18. The summed E-state index contributed by atoms with van der Waals surface area (Å²) in [6, 6.07) is 25.1. The zero-order chi connectivity index (χ0) is 26.3. The second kappa shape index (κ2) is 12.0. The van der Waals surface area contributed by atoms with E-state index in [4.69, 9.17) is 14.5 Å². The molecule has 3 aromatic rings. The zero-order valence-electron chi connectivity index (χ0n) is 21.3. The summed E-state index contributed by atoms with van der Waals surface area (Å²) in [5.74, 6) is 1.14. The second-order valence-corrected chi connectivity index (χ2v) is 10.3. The summed E-state index contributed by atoms with van der Waals surface area (Å²) in [5.41, 5.74) is 3.07. The van der Waals surface area contributed by atoms with Gasteiger partial charge in [-0.2, -0.15) is 5.26 Å². The number of nitriles is 1. The molecule has 2 aliphatic rings. The lowest BCUT2D eigenvalue weighted by atomic mass is 9.94. The summed E-state index contributed by atoms with van der Waals surface area (Å²) in [5, 5.41) is 10.1. The van der Waals surface area contributed by atoms with Crippen molar-refractivity contribution >= 4 is 34.6 Å². The smallest absolute Gasteiger partial charge is 0.267 e. The average molecular weight is 524 g/mol. The maximum absolute atomic E-state index is 13.6. The summed E-state index contributed by atoms with van der Waals surface area (Å²) in [6.45, 7) is 0.254. The molecule has 0 atom stereocenters. The van der Waals surface area contributed by atoms with Crippen molar-refractivity contribution < 1.29 is 14.3 Å². The van der Waals surface area contributed by atoms with Crippen LogP contribution >= 0.6 is 11.8 Å². The van der Waals surface area contributed by atoms with Gasteiger partial charge in [0, 0.05) is 11.6 Å². The maximum Gasteiger partial charge on any atom is 0.267 e. The molecule has 0 unspecified atom stereocenters. The molecule has 6 nitrogen and oxygen atoms in total. The van der Waals surface area contributed by atoms with Crippen LogP contribution in [0.15, 0.2) is 82.7 Å². The van der Waals surface area contributed by atoms with E-state index in [1.54, 1.807) is 13.2 Å². The fourth-order valence-electron chi connectivity index (χ4n) is 4.79. The minimum absolute atomic E-state index is 0.00369. The van der Waals surface area contributed by atoms with Crippen molar-refractivity contribution in [3.05, 3.63) is 94.4 Å². The third-order valence-electron chi connectivity index (χ3n) is 6.76. The topological polar surface area (TPSA) is 74.9 Å². The van der Waals surface area contributed by atoms with E-state index in [0.717, 1.165) is 47.7 Å². The fraction of sp³-hybridized carbons (Fsp3) is 0.258. The van der Waals surface area contributed by atoms with Gasteiger partial charge in [0.25, 0.3) is 5.91 Å². The molecule has 1 saturated carbocycles. The van der Waals surface area contributed by atoms with Crippen molar-refractivity contribution in [1.29, 1.82) is 5.26 Å². The first-order valence-electron chi connectivity index (χ1n) is 12.8. The number of methoxy groups -OCH3 is 1. The Bertz CT molecular complexity index is 1410. The van der Waals surface area contributed by atoms with E-state index in [1.165, 1.54) is 18.2 Å². The Morgan fingerprint density at radius 3 is 2.55 bits per heavy atom. The number of thioether (sulfide) groups is 1. The number of hydrogen-bond donors (Lipinski definition) is 0. The maximum atomic E-state index is 13.6. The van der Waals surface area contributed by atoms with Gasteiger partial charge in [0.05, 0.1) is 29.3 Å². The quantitative estimate of drug-likeness (QED) is 0.309. The third-order valence-corrected chi connectivity index (χ3v) is 7.75. The van der Waals surface area contributed by atoms with Crippen molar-refractivity contribution in [2.45, 2.75) is 44.8 Å². The summed E-state index contributed by atoms with van der Waals surface area (Å²) >= 11 is 1.42. The molecule has 1 aliphatic heterocycles. The summed E-state index contributed by atoms with van der Waals surface area (Å²) < 4.78 is 11.6. The van der Waals surface area contributed by atoms with Crippen LogP contribution in [0.5, 0.6) is 11.5 Å². The molecule has 0 spiro atoms. The van der Waals surface area contributed by atoms with E-state index >= 15 is 0 Å². The number of hydrogen-bond acceptors (Lipinski definition) is 6.